The molecular formula is C15H26N4O. The van der Waals surface area contributed by atoms with Crippen LogP contribution >= 0.6 is 0 Å². The van der Waals surface area contributed by atoms with E-state index in [1.165, 1.54) is 6.42 Å². The first-order valence-electron chi connectivity index (χ1n) is 7.56. The summed E-state index contributed by atoms with van der Waals surface area (Å²) in [5.41, 5.74) is 6.78. The van der Waals surface area contributed by atoms with Gasteiger partial charge in [0.05, 0.1) is 18.5 Å². The number of pyridine rings is 1. The van der Waals surface area contributed by atoms with E-state index in [9.17, 15) is 0 Å². The van der Waals surface area contributed by atoms with Gasteiger partial charge in [0.2, 0.25) is 0 Å². The van der Waals surface area contributed by atoms with Crippen molar-refractivity contribution in [2.24, 2.45) is 0 Å². The number of piperazine rings is 1. The summed E-state index contributed by atoms with van der Waals surface area (Å²) in [6.45, 7) is 9.23. The molecule has 0 amide bonds. The fourth-order valence-corrected chi connectivity index (χ4v) is 2.36. The molecule has 0 unspecified atom stereocenters. The number of anilines is 2. The number of rotatable bonds is 7. The monoisotopic (exact) mass is 278 g/mol. The Morgan fingerprint density at radius 1 is 1.20 bits per heavy atom. The molecule has 5 nitrogen and oxygen atoms in total. The number of nitrogen functional groups attached to an aromatic ring is 1. The third-order valence-electron chi connectivity index (χ3n) is 3.70. The maximum atomic E-state index is 5.62. The summed E-state index contributed by atoms with van der Waals surface area (Å²) in [7, 11) is 0. The number of ether oxygens (including phenoxy) is 1. The van der Waals surface area contributed by atoms with Crippen molar-refractivity contribution in [3.05, 3.63) is 18.3 Å². The van der Waals surface area contributed by atoms with Crippen LogP contribution in [0.2, 0.25) is 0 Å². The molecule has 0 aromatic carbocycles. The molecule has 0 radical (unpaired) electrons. The van der Waals surface area contributed by atoms with E-state index in [0.717, 1.165) is 58.0 Å². The molecule has 1 aliphatic rings. The SMILES string of the molecule is CCCCOCCN1CCN(c2ccc(N)nc2)CC1. The van der Waals surface area contributed by atoms with Gasteiger partial charge < -0.3 is 15.4 Å². The lowest BCUT2D eigenvalue weighted by atomic mass is 10.2. The molecule has 0 aliphatic carbocycles. The molecule has 2 rings (SSSR count). The third-order valence-corrected chi connectivity index (χ3v) is 3.70. The average molecular weight is 278 g/mol. The van der Waals surface area contributed by atoms with Gasteiger partial charge in [-0.05, 0) is 18.6 Å². The van der Waals surface area contributed by atoms with E-state index in [-0.39, 0.29) is 0 Å². The first-order chi connectivity index (χ1) is 9.79. The Morgan fingerprint density at radius 2 is 2.00 bits per heavy atom. The molecule has 112 valence electrons. The van der Waals surface area contributed by atoms with E-state index in [4.69, 9.17) is 10.5 Å². The van der Waals surface area contributed by atoms with Gasteiger partial charge in [-0.1, -0.05) is 13.3 Å². The predicted octanol–water partition coefficient (Wildman–Crippen LogP) is 1.60. The molecule has 5 heteroatoms. The zero-order chi connectivity index (χ0) is 14.2. The zero-order valence-electron chi connectivity index (χ0n) is 12.4. The molecule has 2 N–H and O–H groups in total. The lowest BCUT2D eigenvalue weighted by Gasteiger charge is -2.35. The minimum atomic E-state index is 0.580. The van der Waals surface area contributed by atoms with E-state index in [2.05, 4.69) is 21.7 Å². The Labute approximate surface area is 121 Å². The van der Waals surface area contributed by atoms with E-state index < -0.39 is 0 Å². The van der Waals surface area contributed by atoms with Crippen molar-refractivity contribution >= 4 is 11.5 Å². The maximum Gasteiger partial charge on any atom is 0.123 e. The van der Waals surface area contributed by atoms with Crippen molar-refractivity contribution in [2.75, 3.05) is 56.6 Å². The van der Waals surface area contributed by atoms with Gasteiger partial charge >= 0.3 is 0 Å². The van der Waals surface area contributed by atoms with Crippen LogP contribution in [0.3, 0.4) is 0 Å². The molecule has 0 saturated carbocycles. The highest BCUT2D eigenvalue weighted by atomic mass is 16.5. The second kappa shape index (κ2) is 8.07. The van der Waals surface area contributed by atoms with Crippen molar-refractivity contribution < 1.29 is 4.74 Å². The van der Waals surface area contributed by atoms with E-state index >= 15 is 0 Å². The van der Waals surface area contributed by atoms with Crippen LogP contribution in [0, 0.1) is 0 Å². The summed E-state index contributed by atoms with van der Waals surface area (Å²) in [5, 5.41) is 0. The number of nitrogens with zero attached hydrogens (tertiary/aromatic N) is 3. The van der Waals surface area contributed by atoms with E-state index in [1.54, 1.807) is 0 Å². The lowest BCUT2D eigenvalue weighted by molar-refractivity contribution is 0.0994. The standard InChI is InChI=1S/C15H26N4O/c1-2-3-11-20-12-10-18-6-8-19(9-7-18)14-4-5-15(16)17-13-14/h4-5,13H,2-3,6-12H2,1H3,(H2,16,17). The highest BCUT2D eigenvalue weighted by Crippen LogP contribution is 2.15. The van der Waals surface area contributed by atoms with Gasteiger partial charge in [-0.2, -0.15) is 0 Å². The summed E-state index contributed by atoms with van der Waals surface area (Å²) < 4.78 is 5.62. The fourth-order valence-electron chi connectivity index (χ4n) is 2.36. The highest BCUT2D eigenvalue weighted by Gasteiger charge is 2.16. The summed E-state index contributed by atoms with van der Waals surface area (Å²) >= 11 is 0. The van der Waals surface area contributed by atoms with Crippen LogP contribution < -0.4 is 10.6 Å². The molecule has 2 heterocycles. The van der Waals surface area contributed by atoms with Crippen molar-refractivity contribution in [3.63, 3.8) is 0 Å². The quantitative estimate of drug-likeness (QED) is 0.768. The minimum Gasteiger partial charge on any atom is -0.384 e. The van der Waals surface area contributed by atoms with Crippen molar-refractivity contribution in [1.29, 1.82) is 0 Å². The molecule has 20 heavy (non-hydrogen) atoms. The maximum absolute atomic E-state index is 5.62. The number of hydrogen-bond donors (Lipinski definition) is 1. The van der Waals surface area contributed by atoms with Gasteiger partial charge in [-0.3, -0.25) is 4.90 Å². The van der Waals surface area contributed by atoms with Crippen molar-refractivity contribution in [2.45, 2.75) is 19.8 Å². The Morgan fingerprint density at radius 3 is 2.65 bits per heavy atom. The molecule has 0 spiro atoms. The molecule has 1 aromatic heterocycles. The van der Waals surface area contributed by atoms with Crippen LogP contribution in [-0.2, 0) is 4.74 Å². The molecule has 1 aromatic rings. The van der Waals surface area contributed by atoms with Crippen LogP contribution in [0.4, 0.5) is 11.5 Å². The Kier molecular flexibility index (Phi) is 6.08. The van der Waals surface area contributed by atoms with Crippen LogP contribution in [0.25, 0.3) is 0 Å². The lowest BCUT2D eigenvalue weighted by Crippen LogP contribution is -2.47. The fraction of sp³-hybridized carbons (Fsp3) is 0.667. The Bertz CT molecular complexity index is 374. The number of aromatic nitrogens is 1. The van der Waals surface area contributed by atoms with Crippen LogP contribution in [0.15, 0.2) is 18.3 Å². The van der Waals surface area contributed by atoms with E-state index in [0.29, 0.717) is 5.82 Å². The largest absolute Gasteiger partial charge is 0.384 e. The van der Waals surface area contributed by atoms with Gasteiger partial charge in [0.1, 0.15) is 5.82 Å². The molecular weight excluding hydrogens is 252 g/mol. The first-order valence-corrected chi connectivity index (χ1v) is 7.56. The van der Waals surface area contributed by atoms with E-state index in [1.807, 2.05) is 18.3 Å². The van der Waals surface area contributed by atoms with Crippen LogP contribution in [-0.4, -0.2) is 55.8 Å². The van der Waals surface area contributed by atoms with Gasteiger partial charge in [-0.15, -0.1) is 0 Å². The second-order valence-corrected chi connectivity index (χ2v) is 5.24. The number of hydrogen-bond acceptors (Lipinski definition) is 5. The topological polar surface area (TPSA) is 54.6 Å². The van der Waals surface area contributed by atoms with Gasteiger partial charge in [0.15, 0.2) is 0 Å². The smallest absolute Gasteiger partial charge is 0.123 e. The first kappa shape index (κ1) is 15.1. The minimum absolute atomic E-state index is 0.580. The summed E-state index contributed by atoms with van der Waals surface area (Å²) in [5.74, 6) is 0.580. The number of nitrogens with two attached hydrogens (primary N) is 1. The van der Waals surface area contributed by atoms with Crippen LogP contribution in [0.1, 0.15) is 19.8 Å². The molecule has 1 aliphatic heterocycles. The van der Waals surface area contributed by atoms with Crippen LogP contribution in [0.5, 0.6) is 0 Å². The summed E-state index contributed by atoms with van der Waals surface area (Å²) in [6, 6.07) is 3.91. The number of unbranched alkanes of at least 4 members (excludes halogenated alkanes) is 1. The van der Waals surface area contributed by atoms with Crippen molar-refractivity contribution in [1.82, 2.24) is 9.88 Å². The summed E-state index contributed by atoms with van der Waals surface area (Å²) in [6.07, 6.45) is 4.23. The zero-order valence-corrected chi connectivity index (χ0v) is 12.4. The summed E-state index contributed by atoms with van der Waals surface area (Å²) in [4.78, 5) is 8.98. The van der Waals surface area contributed by atoms with Crippen molar-refractivity contribution in [3.8, 4) is 0 Å². The van der Waals surface area contributed by atoms with Gasteiger partial charge in [0, 0.05) is 39.3 Å². The van der Waals surface area contributed by atoms with Gasteiger partial charge in [0.25, 0.3) is 0 Å². The highest BCUT2D eigenvalue weighted by molar-refractivity contribution is 5.48. The average Bonchev–Trinajstić information content (AvgIpc) is 2.49. The molecule has 1 fully saturated rings. The molecule has 1 saturated heterocycles. The molecule has 0 atom stereocenters. The van der Waals surface area contributed by atoms with Gasteiger partial charge in [-0.25, -0.2) is 4.98 Å². The molecule has 0 bridgehead atoms. The third kappa shape index (κ3) is 4.65. The second-order valence-electron chi connectivity index (χ2n) is 5.24. The Balaban J connectivity index is 1.66. The predicted molar refractivity (Wildman–Crippen MR) is 83.0 cm³/mol. The normalized spacial score (nSPS) is 16.6. The Hall–Kier alpha value is -1.33.